The zero-order chi connectivity index (χ0) is 12.0. The van der Waals surface area contributed by atoms with Crippen molar-refractivity contribution in [2.75, 3.05) is 19.8 Å². The Morgan fingerprint density at radius 2 is 2.38 bits per heavy atom. The molecule has 1 atom stereocenters. The Hall–Kier alpha value is -0.810. The van der Waals surface area contributed by atoms with Gasteiger partial charge in [-0.05, 0) is 26.7 Å². The second kappa shape index (κ2) is 6.70. The van der Waals surface area contributed by atoms with Crippen LogP contribution in [0.2, 0.25) is 0 Å². The van der Waals surface area contributed by atoms with E-state index in [9.17, 15) is 0 Å². The summed E-state index contributed by atoms with van der Waals surface area (Å²) in [6.07, 6.45) is 2.90. The van der Waals surface area contributed by atoms with Crippen LogP contribution in [0.3, 0.4) is 0 Å². The SMILES string of the molecule is CC(C)N(CCC(N)=NO)C1CCCOC1. The Morgan fingerprint density at radius 1 is 1.62 bits per heavy atom. The molecule has 0 radical (unpaired) electrons. The molecule has 0 aromatic heterocycles. The number of ether oxygens (including phenoxy) is 1. The molecule has 1 aliphatic rings. The molecule has 5 nitrogen and oxygen atoms in total. The van der Waals surface area contributed by atoms with Crippen LogP contribution in [0.4, 0.5) is 0 Å². The van der Waals surface area contributed by atoms with Gasteiger partial charge in [-0.2, -0.15) is 0 Å². The highest BCUT2D eigenvalue weighted by atomic mass is 16.5. The van der Waals surface area contributed by atoms with E-state index in [0.29, 0.717) is 24.3 Å². The van der Waals surface area contributed by atoms with Crippen molar-refractivity contribution in [3.05, 3.63) is 0 Å². The third kappa shape index (κ3) is 3.98. The average molecular weight is 229 g/mol. The zero-order valence-electron chi connectivity index (χ0n) is 10.2. The highest BCUT2D eigenvalue weighted by Gasteiger charge is 2.23. The van der Waals surface area contributed by atoms with Gasteiger partial charge < -0.3 is 15.7 Å². The van der Waals surface area contributed by atoms with Crippen LogP contribution >= 0.6 is 0 Å². The lowest BCUT2D eigenvalue weighted by atomic mass is 10.1. The van der Waals surface area contributed by atoms with E-state index in [4.69, 9.17) is 15.7 Å². The molecular formula is C11H23N3O2. The molecule has 0 spiro atoms. The summed E-state index contributed by atoms with van der Waals surface area (Å²) in [7, 11) is 0. The van der Waals surface area contributed by atoms with E-state index < -0.39 is 0 Å². The molecule has 1 saturated heterocycles. The summed E-state index contributed by atoms with van der Waals surface area (Å²) in [5, 5.41) is 11.5. The highest BCUT2D eigenvalue weighted by molar-refractivity contribution is 5.79. The van der Waals surface area contributed by atoms with Crippen LogP contribution in [0, 0.1) is 0 Å². The first-order valence-electron chi connectivity index (χ1n) is 5.95. The van der Waals surface area contributed by atoms with Gasteiger partial charge in [0.05, 0.1) is 6.61 Å². The third-order valence-electron chi connectivity index (χ3n) is 3.02. The fourth-order valence-corrected chi connectivity index (χ4v) is 2.14. The minimum Gasteiger partial charge on any atom is -0.409 e. The summed E-state index contributed by atoms with van der Waals surface area (Å²) in [5.74, 6) is 0.294. The molecule has 1 unspecified atom stereocenters. The van der Waals surface area contributed by atoms with Crippen LogP contribution in [0.25, 0.3) is 0 Å². The molecule has 0 aromatic carbocycles. The maximum absolute atomic E-state index is 8.52. The quantitative estimate of drug-likeness (QED) is 0.319. The third-order valence-corrected chi connectivity index (χ3v) is 3.02. The topological polar surface area (TPSA) is 71.1 Å². The number of oxime groups is 1. The Labute approximate surface area is 97.2 Å². The van der Waals surface area contributed by atoms with Gasteiger partial charge in [-0.15, -0.1) is 0 Å². The number of hydrogen-bond acceptors (Lipinski definition) is 4. The minimum atomic E-state index is 0.294. The molecule has 0 amide bonds. The lowest BCUT2D eigenvalue weighted by Gasteiger charge is -2.36. The maximum atomic E-state index is 8.52. The molecule has 1 rings (SSSR count). The molecule has 1 fully saturated rings. The van der Waals surface area contributed by atoms with Crippen molar-refractivity contribution in [3.63, 3.8) is 0 Å². The zero-order valence-corrected chi connectivity index (χ0v) is 10.2. The van der Waals surface area contributed by atoms with E-state index in [1.807, 2.05) is 0 Å². The van der Waals surface area contributed by atoms with Crippen molar-refractivity contribution in [2.45, 2.75) is 45.2 Å². The predicted octanol–water partition coefficient (Wildman–Crippen LogP) is 1.01. The number of nitrogens with two attached hydrogens (primary N) is 1. The van der Waals surface area contributed by atoms with E-state index >= 15 is 0 Å². The molecule has 5 heteroatoms. The molecule has 0 aliphatic carbocycles. The standard InChI is InChI=1S/C11H23N3O2/c1-9(2)14(6-5-11(12)13-15)10-4-3-7-16-8-10/h9-10,15H,3-8H2,1-2H3,(H2,12,13). The lowest BCUT2D eigenvalue weighted by Crippen LogP contribution is -2.46. The van der Waals surface area contributed by atoms with E-state index in [0.717, 1.165) is 26.2 Å². The molecule has 1 heterocycles. The number of amidine groups is 1. The Balaban J connectivity index is 2.46. The predicted molar refractivity (Wildman–Crippen MR) is 63.7 cm³/mol. The van der Waals surface area contributed by atoms with Crippen molar-refractivity contribution in [3.8, 4) is 0 Å². The smallest absolute Gasteiger partial charge is 0.140 e. The highest BCUT2D eigenvalue weighted by Crippen LogP contribution is 2.16. The minimum absolute atomic E-state index is 0.294. The van der Waals surface area contributed by atoms with Crippen LogP contribution in [-0.2, 0) is 4.74 Å². The van der Waals surface area contributed by atoms with E-state index in [-0.39, 0.29) is 0 Å². The number of hydrogen-bond donors (Lipinski definition) is 2. The van der Waals surface area contributed by atoms with Gasteiger partial charge in [-0.3, -0.25) is 4.90 Å². The Kier molecular flexibility index (Phi) is 5.55. The summed E-state index contributed by atoms with van der Waals surface area (Å²) in [6.45, 7) is 6.83. The first-order chi connectivity index (χ1) is 7.65. The molecule has 94 valence electrons. The van der Waals surface area contributed by atoms with Crippen molar-refractivity contribution < 1.29 is 9.94 Å². The monoisotopic (exact) mass is 229 g/mol. The van der Waals surface area contributed by atoms with Crippen LogP contribution in [-0.4, -0.2) is 47.8 Å². The first-order valence-corrected chi connectivity index (χ1v) is 5.95. The summed E-state index contributed by atoms with van der Waals surface area (Å²) >= 11 is 0. The maximum Gasteiger partial charge on any atom is 0.140 e. The second-order valence-electron chi connectivity index (χ2n) is 4.54. The van der Waals surface area contributed by atoms with Crippen LogP contribution in [0.5, 0.6) is 0 Å². The summed E-state index contributed by atoms with van der Waals surface area (Å²) in [4.78, 5) is 2.37. The van der Waals surface area contributed by atoms with Crippen molar-refractivity contribution >= 4 is 5.84 Å². The number of nitrogens with zero attached hydrogens (tertiary/aromatic N) is 2. The summed E-state index contributed by atoms with van der Waals surface area (Å²) in [5.41, 5.74) is 5.49. The van der Waals surface area contributed by atoms with Crippen molar-refractivity contribution in [2.24, 2.45) is 10.9 Å². The fraction of sp³-hybridized carbons (Fsp3) is 0.909. The van der Waals surface area contributed by atoms with Crippen molar-refractivity contribution in [1.29, 1.82) is 0 Å². The van der Waals surface area contributed by atoms with Gasteiger partial charge in [-0.25, -0.2) is 0 Å². The van der Waals surface area contributed by atoms with Crippen LogP contribution in [0.1, 0.15) is 33.1 Å². The van der Waals surface area contributed by atoms with Crippen LogP contribution < -0.4 is 5.73 Å². The lowest BCUT2D eigenvalue weighted by molar-refractivity contribution is 0.00683. The fourth-order valence-electron chi connectivity index (χ4n) is 2.14. The largest absolute Gasteiger partial charge is 0.409 e. The second-order valence-corrected chi connectivity index (χ2v) is 4.54. The normalized spacial score (nSPS) is 23.0. The summed E-state index contributed by atoms with van der Waals surface area (Å²) < 4.78 is 5.49. The van der Waals surface area contributed by atoms with Gasteiger partial charge >= 0.3 is 0 Å². The Morgan fingerprint density at radius 3 is 2.88 bits per heavy atom. The molecule has 0 aromatic rings. The molecule has 3 N–H and O–H groups in total. The molecule has 16 heavy (non-hydrogen) atoms. The van der Waals surface area contributed by atoms with Crippen molar-refractivity contribution in [1.82, 2.24) is 4.90 Å². The molecular weight excluding hydrogens is 206 g/mol. The summed E-state index contributed by atoms with van der Waals surface area (Å²) in [6, 6.07) is 0.929. The van der Waals surface area contributed by atoms with E-state index in [2.05, 4.69) is 23.9 Å². The van der Waals surface area contributed by atoms with E-state index in [1.54, 1.807) is 0 Å². The Bertz CT molecular complexity index is 225. The van der Waals surface area contributed by atoms with Gasteiger partial charge in [0.2, 0.25) is 0 Å². The molecule has 0 saturated carbocycles. The average Bonchev–Trinajstić information content (AvgIpc) is 2.30. The van der Waals surface area contributed by atoms with Gasteiger partial charge in [0.1, 0.15) is 5.84 Å². The molecule has 1 aliphatic heterocycles. The van der Waals surface area contributed by atoms with Gasteiger partial charge in [0, 0.05) is 31.7 Å². The van der Waals surface area contributed by atoms with Crippen LogP contribution in [0.15, 0.2) is 5.16 Å². The number of rotatable bonds is 5. The molecule has 0 bridgehead atoms. The van der Waals surface area contributed by atoms with Gasteiger partial charge in [-0.1, -0.05) is 5.16 Å². The first kappa shape index (κ1) is 13.3. The van der Waals surface area contributed by atoms with Gasteiger partial charge in [0.25, 0.3) is 0 Å². The van der Waals surface area contributed by atoms with E-state index in [1.165, 1.54) is 6.42 Å². The van der Waals surface area contributed by atoms with Gasteiger partial charge in [0.15, 0.2) is 0 Å².